The van der Waals surface area contributed by atoms with Gasteiger partial charge in [-0.15, -0.1) is 0 Å². The molecule has 0 bridgehead atoms. The van der Waals surface area contributed by atoms with Crippen molar-refractivity contribution in [2.24, 2.45) is 0 Å². The zero-order chi connectivity index (χ0) is 13.3. The zero-order valence-electron chi connectivity index (χ0n) is 9.79. The minimum atomic E-state index is -3.39. The molecular weight excluding hydrogens is 258 g/mol. The van der Waals surface area contributed by atoms with Crippen molar-refractivity contribution in [3.63, 3.8) is 0 Å². The molecule has 0 atom stereocenters. The van der Waals surface area contributed by atoms with E-state index in [2.05, 4.69) is 0 Å². The van der Waals surface area contributed by atoms with Gasteiger partial charge in [-0.05, 0) is 24.6 Å². The predicted octanol–water partition coefficient (Wildman–Crippen LogP) is 0.933. The van der Waals surface area contributed by atoms with Crippen LogP contribution in [0.4, 0.5) is 5.69 Å². The third kappa shape index (κ3) is 2.13. The quantitative estimate of drug-likeness (QED) is 0.884. The van der Waals surface area contributed by atoms with Crippen LogP contribution >= 0.6 is 0 Å². The molecule has 0 spiro atoms. The molecule has 0 aromatic heterocycles. The number of hydrogen-bond donors (Lipinski definition) is 1. The summed E-state index contributed by atoms with van der Waals surface area (Å²) in [5.41, 5.74) is 0.126. The second kappa shape index (κ2) is 4.49. The minimum absolute atomic E-state index is 0.0537. The number of nitrogens with zero attached hydrogens (tertiary/aromatic N) is 1. The summed E-state index contributed by atoms with van der Waals surface area (Å²) < 4.78 is 29.7. The second-order valence-electron chi connectivity index (χ2n) is 3.93. The number of rotatable bonds is 3. The summed E-state index contributed by atoms with van der Waals surface area (Å²) in [6, 6.07) is 4.34. The standard InChI is InChI=1S/C11H13NO5S/c1-17-8-3-4-10(9(7-8)11(13)14)12-5-2-6-18(12,15)16/h3-4,7H,2,5-6H2,1H3,(H,13,14). The van der Waals surface area contributed by atoms with Gasteiger partial charge in [0.25, 0.3) is 0 Å². The molecule has 1 aliphatic rings. The Morgan fingerprint density at radius 2 is 2.17 bits per heavy atom. The lowest BCUT2D eigenvalue weighted by molar-refractivity contribution is 0.0697. The van der Waals surface area contributed by atoms with Crippen molar-refractivity contribution in [2.75, 3.05) is 23.7 Å². The Balaban J connectivity index is 2.54. The van der Waals surface area contributed by atoms with Crippen LogP contribution in [0.3, 0.4) is 0 Å². The zero-order valence-corrected chi connectivity index (χ0v) is 10.6. The van der Waals surface area contributed by atoms with Crippen LogP contribution < -0.4 is 9.04 Å². The molecule has 1 saturated heterocycles. The molecule has 1 aromatic carbocycles. The normalized spacial score (nSPS) is 17.7. The van der Waals surface area contributed by atoms with E-state index in [0.29, 0.717) is 18.7 Å². The van der Waals surface area contributed by atoms with Gasteiger partial charge in [-0.2, -0.15) is 0 Å². The van der Waals surface area contributed by atoms with E-state index < -0.39 is 16.0 Å². The molecular formula is C11H13NO5S. The van der Waals surface area contributed by atoms with Crippen molar-refractivity contribution in [1.82, 2.24) is 0 Å². The SMILES string of the molecule is COc1ccc(N2CCCS2(=O)=O)c(C(=O)O)c1. The summed E-state index contributed by atoms with van der Waals surface area (Å²) in [5, 5.41) is 9.14. The lowest BCUT2D eigenvalue weighted by Crippen LogP contribution is -2.26. The van der Waals surface area contributed by atoms with E-state index in [4.69, 9.17) is 9.84 Å². The van der Waals surface area contributed by atoms with Crippen LogP contribution in [0.5, 0.6) is 5.75 Å². The fourth-order valence-electron chi connectivity index (χ4n) is 1.94. The summed E-state index contributed by atoms with van der Waals surface area (Å²) in [4.78, 5) is 11.2. The van der Waals surface area contributed by atoms with E-state index in [9.17, 15) is 13.2 Å². The third-order valence-electron chi connectivity index (χ3n) is 2.80. The number of ether oxygens (including phenoxy) is 1. The monoisotopic (exact) mass is 271 g/mol. The van der Waals surface area contributed by atoms with Gasteiger partial charge in [0.05, 0.1) is 24.1 Å². The number of carboxylic acids is 1. The number of methoxy groups -OCH3 is 1. The van der Waals surface area contributed by atoms with E-state index in [0.717, 1.165) is 4.31 Å². The topological polar surface area (TPSA) is 83.9 Å². The molecule has 2 rings (SSSR count). The first-order valence-electron chi connectivity index (χ1n) is 5.37. The van der Waals surface area contributed by atoms with Gasteiger partial charge in [-0.25, -0.2) is 13.2 Å². The summed E-state index contributed by atoms with van der Waals surface area (Å²) >= 11 is 0. The highest BCUT2D eigenvalue weighted by Gasteiger charge is 2.31. The third-order valence-corrected chi connectivity index (χ3v) is 4.66. The fourth-order valence-corrected chi connectivity index (χ4v) is 3.52. The average molecular weight is 271 g/mol. The Morgan fingerprint density at radius 3 is 2.67 bits per heavy atom. The van der Waals surface area contributed by atoms with E-state index in [1.54, 1.807) is 6.07 Å². The van der Waals surface area contributed by atoms with Crippen molar-refractivity contribution in [3.8, 4) is 5.75 Å². The first-order valence-corrected chi connectivity index (χ1v) is 6.98. The van der Waals surface area contributed by atoms with Gasteiger partial charge in [0.1, 0.15) is 5.75 Å². The number of aromatic carboxylic acids is 1. The van der Waals surface area contributed by atoms with Crippen LogP contribution in [0.15, 0.2) is 18.2 Å². The minimum Gasteiger partial charge on any atom is -0.497 e. The molecule has 1 aromatic rings. The van der Waals surface area contributed by atoms with Crippen molar-refractivity contribution >= 4 is 21.7 Å². The van der Waals surface area contributed by atoms with E-state index in [1.807, 2.05) is 0 Å². The summed E-state index contributed by atoms with van der Waals surface area (Å²) in [5.74, 6) is -0.739. The number of sulfonamides is 1. The van der Waals surface area contributed by atoms with Crippen molar-refractivity contribution in [2.45, 2.75) is 6.42 Å². The molecule has 7 heteroatoms. The molecule has 1 N–H and O–H groups in total. The molecule has 0 aliphatic carbocycles. The second-order valence-corrected chi connectivity index (χ2v) is 5.94. The van der Waals surface area contributed by atoms with Crippen LogP contribution in [-0.2, 0) is 10.0 Å². The summed E-state index contributed by atoms with van der Waals surface area (Å²) in [7, 11) is -1.96. The largest absolute Gasteiger partial charge is 0.497 e. The number of benzene rings is 1. The molecule has 1 fully saturated rings. The maximum Gasteiger partial charge on any atom is 0.337 e. The Bertz CT molecular complexity index is 581. The Hall–Kier alpha value is -1.76. The highest BCUT2D eigenvalue weighted by atomic mass is 32.2. The molecule has 6 nitrogen and oxygen atoms in total. The van der Waals surface area contributed by atoms with E-state index in [-0.39, 0.29) is 17.0 Å². The van der Waals surface area contributed by atoms with E-state index in [1.165, 1.54) is 19.2 Å². The van der Waals surface area contributed by atoms with Crippen molar-refractivity contribution < 1.29 is 23.1 Å². The molecule has 0 saturated carbocycles. The van der Waals surface area contributed by atoms with Gasteiger partial charge in [-0.3, -0.25) is 4.31 Å². The smallest absolute Gasteiger partial charge is 0.337 e. The van der Waals surface area contributed by atoms with Crippen molar-refractivity contribution in [3.05, 3.63) is 23.8 Å². The van der Waals surface area contributed by atoms with Crippen LogP contribution in [-0.4, -0.2) is 38.9 Å². The lowest BCUT2D eigenvalue weighted by Gasteiger charge is -2.19. The molecule has 1 heterocycles. The Morgan fingerprint density at radius 1 is 1.44 bits per heavy atom. The first-order chi connectivity index (χ1) is 8.45. The van der Waals surface area contributed by atoms with Gasteiger partial charge in [0.15, 0.2) is 0 Å². The fraction of sp³-hybridized carbons (Fsp3) is 0.364. The molecule has 1 aliphatic heterocycles. The van der Waals surface area contributed by atoms with Gasteiger partial charge < -0.3 is 9.84 Å². The Kier molecular flexibility index (Phi) is 3.16. The van der Waals surface area contributed by atoms with Crippen LogP contribution in [0.1, 0.15) is 16.8 Å². The van der Waals surface area contributed by atoms with Gasteiger partial charge in [0, 0.05) is 6.54 Å². The summed E-state index contributed by atoms with van der Waals surface area (Å²) in [6.07, 6.45) is 0.507. The highest BCUT2D eigenvalue weighted by molar-refractivity contribution is 7.93. The molecule has 0 amide bonds. The van der Waals surface area contributed by atoms with Gasteiger partial charge in [-0.1, -0.05) is 0 Å². The average Bonchev–Trinajstić information content (AvgIpc) is 2.68. The van der Waals surface area contributed by atoms with Gasteiger partial charge >= 0.3 is 5.97 Å². The molecule has 0 radical (unpaired) electrons. The molecule has 0 unspecified atom stereocenters. The van der Waals surface area contributed by atoms with E-state index >= 15 is 0 Å². The van der Waals surface area contributed by atoms with Crippen LogP contribution in [0.25, 0.3) is 0 Å². The number of carbonyl (C=O) groups is 1. The molecule has 98 valence electrons. The number of anilines is 1. The predicted molar refractivity (Wildman–Crippen MR) is 65.7 cm³/mol. The highest BCUT2D eigenvalue weighted by Crippen LogP contribution is 2.30. The van der Waals surface area contributed by atoms with Crippen LogP contribution in [0, 0.1) is 0 Å². The van der Waals surface area contributed by atoms with Crippen molar-refractivity contribution in [1.29, 1.82) is 0 Å². The lowest BCUT2D eigenvalue weighted by atomic mass is 10.1. The Labute approximate surface area is 105 Å². The molecule has 18 heavy (non-hydrogen) atoms. The summed E-state index contributed by atoms with van der Waals surface area (Å²) in [6.45, 7) is 0.314. The number of hydrogen-bond acceptors (Lipinski definition) is 4. The maximum atomic E-state index is 11.8. The maximum absolute atomic E-state index is 11.8. The van der Waals surface area contributed by atoms with Gasteiger partial charge in [0.2, 0.25) is 10.0 Å². The first kappa shape index (κ1) is 12.7. The van der Waals surface area contributed by atoms with Crippen LogP contribution in [0.2, 0.25) is 0 Å². The number of carboxylic acid groups (broad SMARTS) is 1.